The van der Waals surface area contributed by atoms with Crippen molar-refractivity contribution in [3.63, 3.8) is 0 Å². The van der Waals surface area contributed by atoms with Crippen molar-refractivity contribution in [3.8, 4) is 0 Å². The number of carbonyl (C=O) groups is 2. The number of ether oxygens (including phenoxy) is 1. The Bertz CT molecular complexity index is 345. The Hall–Kier alpha value is -1.52. The number of nitrogens with one attached hydrogen (secondary N) is 2. The molecule has 1 aliphatic rings. The van der Waals surface area contributed by atoms with Crippen LogP contribution in [0.15, 0.2) is 11.6 Å². The SMILES string of the molecule is C/C=C(\C)C(=O)OC1CCC(NC(=O)NCC)CC1. The Morgan fingerprint density at radius 2 is 1.89 bits per heavy atom. The summed E-state index contributed by atoms with van der Waals surface area (Å²) in [6.07, 6.45) is 5.05. The van der Waals surface area contributed by atoms with Crippen molar-refractivity contribution in [2.75, 3.05) is 6.54 Å². The van der Waals surface area contributed by atoms with Crippen LogP contribution in [0.4, 0.5) is 4.79 Å². The van der Waals surface area contributed by atoms with E-state index in [0.717, 1.165) is 25.7 Å². The molecule has 0 aromatic carbocycles. The zero-order chi connectivity index (χ0) is 14.3. The highest BCUT2D eigenvalue weighted by Crippen LogP contribution is 2.22. The van der Waals surface area contributed by atoms with Gasteiger partial charge < -0.3 is 15.4 Å². The topological polar surface area (TPSA) is 67.4 Å². The number of rotatable bonds is 4. The monoisotopic (exact) mass is 268 g/mol. The molecule has 0 heterocycles. The third-order valence-electron chi connectivity index (χ3n) is 3.38. The van der Waals surface area contributed by atoms with Crippen molar-refractivity contribution in [1.82, 2.24) is 10.6 Å². The van der Waals surface area contributed by atoms with Crippen LogP contribution < -0.4 is 10.6 Å². The van der Waals surface area contributed by atoms with Gasteiger partial charge in [-0.1, -0.05) is 6.08 Å². The zero-order valence-electron chi connectivity index (χ0n) is 12.0. The summed E-state index contributed by atoms with van der Waals surface area (Å²) >= 11 is 0. The van der Waals surface area contributed by atoms with Crippen LogP contribution in [0.5, 0.6) is 0 Å². The second kappa shape index (κ2) is 7.81. The molecular formula is C14H24N2O3. The summed E-state index contributed by atoms with van der Waals surface area (Å²) in [5.41, 5.74) is 0.641. The second-order valence-corrected chi connectivity index (χ2v) is 4.85. The summed E-state index contributed by atoms with van der Waals surface area (Å²) < 4.78 is 5.41. The largest absolute Gasteiger partial charge is 0.459 e. The van der Waals surface area contributed by atoms with Crippen molar-refractivity contribution in [3.05, 3.63) is 11.6 Å². The summed E-state index contributed by atoms with van der Waals surface area (Å²) in [4.78, 5) is 23.0. The second-order valence-electron chi connectivity index (χ2n) is 4.85. The Balaban J connectivity index is 2.29. The molecule has 1 rings (SSSR count). The minimum atomic E-state index is -0.234. The molecule has 0 spiro atoms. The molecule has 5 heteroatoms. The van der Waals surface area contributed by atoms with Crippen LogP contribution in [-0.4, -0.2) is 30.7 Å². The van der Waals surface area contributed by atoms with Crippen LogP contribution in [0.2, 0.25) is 0 Å². The van der Waals surface area contributed by atoms with E-state index in [1.807, 2.05) is 13.8 Å². The first-order valence-electron chi connectivity index (χ1n) is 6.95. The number of allylic oxidation sites excluding steroid dienone is 1. The lowest BCUT2D eigenvalue weighted by atomic mass is 9.93. The van der Waals surface area contributed by atoms with Gasteiger partial charge in [0.05, 0.1) is 0 Å². The van der Waals surface area contributed by atoms with Gasteiger partial charge in [-0.15, -0.1) is 0 Å². The fraction of sp³-hybridized carbons (Fsp3) is 0.714. The van der Waals surface area contributed by atoms with Gasteiger partial charge in [-0.3, -0.25) is 0 Å². The van der Waals surface area contributed by atoms with Crippen molar-refractivity contribution in [2.24, 2.45) is 0 Å². The molecule has 0 atom stereocenters. The Morgan fingerprint density at radius 3 is 2.42 bits per heavy atom. The number of hydrogen-bond donors (Lipinski definition) is 2. The Morgan fingerprint density at radius 1 is 1.26 bits per heavy atom. The minimum absolute atomic E-state index is 0.0188. The summed E-state index contributed by atoms with van der Waals surface area (Å²) in [5.74, 6) is -0.234. The molecular weight excluding hydrogens is 244 g/mol. The zero-order valence-corrected chi connectivity index (χ0v) is 12.0. The lowest BCUT2D eigenvalue weighted by molar-refractivity contribution is -0.145. The van der Waals surface area contributed by atoms with Gasteiger partial charge >= 0.3 is 12.0 Å². The average molecular weight is 268 g/mol. The molecule has 0 unspecified atom stereocenters. The predicted octanol–water partition coefficient (Wildman–Crippen LogP) is 2.13. The van der Waals surface area contributed by atoms with E-state index in [9.17, 15) is 9.59 Å². The first kappa shape index (κ1) is 15.5. The fourth-order valence-electron chi connectivity index (χ4n) is 2.08. The van der Waals surface area contributed by atoms with Crippen LogP contribution in [0.1, 0.15) is 46.5 Å². The van der Waals surface area contributed by atoms with E-state index < -0.39 is 0 Å². The molecule has 5 nitrogen and oxygen atoms in total. The van der Waals surface area contributed by atoms with Gasteiger partial charge in [0.15, 0.2) is 0 Å². The van der Waals surface area contributed by atoms with Crippen LogP contribution >= 0.6 is 0 Å². The third kappa shape index (κ3) is 5.32. The van der Waals surface area contributed by atoms with Crippen LogP contribution in [0, 0.1) is 0 Å². The number of urea groups is 1. The van der Waals surface area contributed by atoms with Crippen LogP contribution in [0.25, 0.3) is 0 Å². The molecule has 1 saturated carbocycles. The minimum Gasteiger partial charge on any atom is -0.459 e. The summed E-state index contributed by atoms with van der Waals surface area (Å²) in [6, 6.07) is 0.0667. The van der Waals surface area contributed by atoms with Gasteiger partial charge in [-0.05, 0) is 46.5 Å². The van der Waals surface area contributed by atoms with Crippen molar-refractivity contribution >= 4 is 12.0 Å². The third-order valence-corrected chi connectivity index (χ3v) is 3.38. The Kier molecular flexibility index (Phi) is 6.39. The molecule has 0 radical (unpaired) electrons. The van der Waals surface area contributed by atoms with Crippen molar-refractivity contribution in [1.29, 1.82) is 0 Å². The van der Waals surface area contributed by atoms with Gasteiger partial charge in [-0.25, -0.2) is 9.59 Å². The average Bonchev–Trinajstić information content (AvgIpc) is 2.40. The highest BCUT2D eigenvalue weighted by molar-refractivity contribution is 5.87. The van der Waals surface area contributed by atoms with E-state index in [0.29, 0.717) is 12.1 Å². The van der Waals surface area contributed by atoms with E-state index in [-0.39, 0.29) is 24.1 Å². The van der Waals surface area contributed by atoms with Gasteiger partial charge in [0.25, 0.3) is 0 Å². The van der Waals surface area contributed by atoms with E-state index in [2.05, 4.69) is 10.6 Å². The highest BCUT2D eigenvalue weighted by atomic mass is 16.5. The predicted molar refractivity (Wildman–Crippen MR) is 73.8 cm³/mol. The number of carbonyl (C=O) groups excluding carboxylic acids is 2. The molecule has 0 aliphatic heterocycles. The van der Waals surface area contributed by atoms with Gasteiger partial charge in [0.1, 0.15) is 6.10 Å². The van der Waals surface area contributed by atoms with Crippen molar-refractivity contribution < 1.29 is 14.3 Å². The summed E-state index contributed by atoms with van der Waals surface area (Å²) in [6.45, 7) is 6.09. The molecule has 19 heavy (non-hydrogen) atoms. The first-order valence-corrected chi connectivity index (χ1v) is 6.95. The molecule has 2 amide bonds. The normalized spacial score (nSPS) is 23.6. The molecule has 0 aromatic rings. The molecule has 108 valence electrons. The number of amides is 2. The number of hydrogen-bond acceptors (Lipinski definition) is 3. The van der Waals surface area contributed by atoms with E-state index in [1.54, 1.807) is 13.0 Å². The van der Waals surface area contributed by atoms with Crippen LogP contribution in [0.3, 0.4) is 0 Å². The van der Waals surface area contributed by atoms with E-state index >= 15 is 0 Å². The fourth-order valence-corrected chi connectivity index (χ4v) is 2.08. The quantitative estimate of drug-likeness (QED) is 0.606. The highest BCUT2D eigenvalue weighted by Gasteiger charge is 2.24. The van der Waals surface area contributed by atoms with Gasteiger partial charge in [0.2, 0.25) is 0 Å². The lowest BCUT2D eigenvalue weighted by Gasteiger charge is -2.28. The van der Waals surface area contributed by atoms with E-state index in [1.165, 1.54) is 0 Å². The van der Waals surface area contributed by atoms with E-state index in [4.69, 9.17) is 4.74 Å². The molecule has 0 bridgehead atoms. The molecule has 1 fully saturated rings. The maximum absolute atomic E-state index is 11.6. The molecule has 1 aliphatic carbocycles. The van der Waals surface area contributed by atoms with Gasteiger partial charge in [0, 0.05) is 18.2 Å². The smallest absolute Gasteiger partial charge is 0.333 e. The maximum Gasteiger partial charge on any atom is 0.333 e. The molecule has 0 saturated heterocycles. The molecule has 2 N–H and O–H groups in total. The Labute approximate surface area is 114 Å². The molecule has 0 aromatic heterocycles. The van der Waals surface area contributed by atoms with Gasteiger partial charge in [-0.2, -0.15) is 0 Å². The maximum atomic E-state index is 11.6. The summed E-state index contributed by atoms with van der Waals surface area (Å²) in [7, 11) is 0. The first-order chi connectivity index (χ1) is 9.06. The van der Waals surface area contributed by atoms with Crippen LogP contribution in [-0.2, 0) is 9.53 Å². The number of esters is 1. The van der Waals surface area contributed by atoms with Crippen molar-refractivity contribution in [2.45, 2.75) is 58.6 Å². The standard InChI is InChI=1S/C14H24N2O3/c1-4-10(3)13(17)19-12-8-6-11(7-9-12)16-14(18)15-5-2/h4,11-12H,5-9H2,1-3H3,(H2,15,16,18)/b10-4+. The lowest BCUT2D eigenvalue weighted by Crippen LogP contribution is -2.44. The summed E-state index contributed by atoms with van der Waals surface area (Å²) in [5, 5.41) is 5.64.